The van der Waals surface area contributed by atoms with Crippen LogP contribution in [0, 0.1) is 0 Å². The van der Waals surface area contributed by atoms with Crippen molar-refractivity contribution in [2.24, 2.45) is 5.73 Å². The minimum atomic E-state index is -2.23. The predicted molar refractivity (Wildman–Crippen MR) is 176 cm³/mol. The number of nitrogens with one attached hydrogen (secondary N) is 1. The van der Waals surface area contributed by atoms with E-state index in [2.05, 4.69) is 4.98 Å². The molecule has 232 valence electrons. The minimum Gasteiger partial charge on any atom is -0.480 e. The number of carboxylic acids is 2. The van der Waals surface area contributed by atoms with Gasteiger partial charge in [-0.1, -0.05) is 130 Å². The third-order valence-electron chi connectivity index (χ3n) is 3.43. The molecule has 2 rings (SSSR count). The average molecular weight is 533 g/mol. The maximum atomic E-state index is 11.3. The largest absolute Gasteiger partial charge is 0.480 e. The number of aliphatic hydroxyl groups is 1. The molecule has 0 bridgehead atoms. The van der Waals surface area contributed by atoms with Gasteiger partial charge in [0.05, 0.1) is 0 Å². The van der Waals surface area contributed by atoms with Crippen LogP contribution < -0.4 is 5.73 Å². The van der Waals surface area contributed by atoms with Crippen molar-refractivity contribution in [2.75, 3.05) is 0 Å². The first kappa shape index (κ1) is 92.9. The standard InChI is InChI=1S/C14H16N2O5.15CH4/c15-10(12(17)18)6-14(21,13(19)20)5-8-7-16-11-4-2-1-3-9(8)11;;;;;;;;;;;;;;;/h1-4,7,10,16,21H,5-6,15H2,(H,17,18)(H,19,20);15*1H4/t10-,14-;;;;;;;;;;;;;;;/m1.............../s1. The lowest BCUT2D eigenvalue weighted by atomic mass is 9.88. The number of carboxylic acid groups (broad SMARTS) is 2. The van der Waals surface area contributed by atoms with E-state index in [0.717, 1.165) is 10.9 Å². The highest BCUT2D eigenvalue weighted by Crippen LogP contribution is 2.25. The highest BCUT2D eigenvalue weighted by atomic mass is 16.4. The molecule has 0 aliphatic rings. The van der Waals surface area contributed by atoms with Gasteiger partial charge < -0.3 is 26.0 Å². The Morgan fingerprint density at radius 3 is 1.53 bits per heavy atom. The van der Waals surface area contributed by atoms with Crippen molar-refractivity contribution in [1.82, 2.24) is 4.98 Å². The van der Waals surface area contributed by atoms with Crippen LogP contribution in [0.2, 0.25) is 0 Å². The maximum absolute atomic E-state index is 11.3. The molecule has 2 atom stereocenters. The third kappa shape index (κ3) is 20.9. The zero-order valence-corrected chi connectivity index (χ0v) is 11.1. The van der Waals surface area contributed by atoms with Gasteiger partial charge in [0.1, 0.15) is 6.04 Å². The summed E-state index contributed by atoms with van der Waals surface area (Å²) in [7, 11) is 0. The van der Waals surface area contributed by atoms with Crippen LogP contribution in [0.15, 0.2) is 30.5 Å². The number of rotatable bonds is 6. The molecule has 0 saturated carbocycles. The van der Waals surface area contributed by atoms with Crippen LogP contribution in [0.4, 0.5) is 0 Å². The summed E-state index contributed by atoms with van der Waals surface area (Å²) in [6, 6.07) is 5.79. The lowest BCUT2D eigenvalue weighted by molar-refractivity contribution is -0.160. The molecule has 0 spiro atoms. The van der Waals surface area contributed by atoms with Crippen molar-refractivity contribution < 1.29 is 24.9 Å². The van der Waals surface area contributed by atoms with Gasteiger partial charge in [-0.05, 0) is 11.6 Å². The Bertz CT molecular complexity index is 687. The van der Waals surface area contributed by atoms with Crippen molar-refractivity contribution in [1.29, 1.82) is 0 Å². The first-order chi connectivity index (χ1) is 9.83. The Morgan fingerprint density at radius 2 is 1.17 bits per heavy atom. The zero-order chi connectivity index (χ0) is 15.6. The van der Waals surface area contributed by atoms with E-state index < -0.39 is 30.0 Å². The molecule has 6 N–H and O–H groups in total. The van der Waals surface area contributed by atoms with Gasteiger partial charge in [0.25, 0.3) is 0 Å². The smallest absolute Gasteiger partial charge is 0.336 e. The molecule has 1 aromatic heterocycles. The van der Waals surface area contributed by atoms with E-state index in [9.17, 15) is 19.8 Å². The Morgan fingerprint density at radius 1 is 0.778 bits per heavy atom. The number of nitrogens with two attached hydrogens (primary N) is 1. The number of aromatic nitrogens is 1. The molecule has 36 heavy (non-hydrogen) atoms. The van der Waals surface area contributed by atoms with E-state index >= 15 is 0 Å². The number of benzene rings is 1. The van der Waals surface area contributed by atoms with Crippen LogP contribution in [-0.4, -0.2) is 43.9 Å². The summed E-state index contributed by atoms with van der Waals surface area (Å²) in [5.41, 5.74) is 4.52. The molecule has 7 heteroatoms. The summed E-state index contributed by atoms with van der Waals surface area (Å²) < 4.78 is 0. The molecule has 0 aliphatic heterocycles. The van der Waals surface area contributed by atoms with Gasteiger partial charge >= 0.3 is 11.9 Å². The van der Waals surface area contributed by atoms with Crippen LogP contribution >= 0.6 is 0 Å². The van der Waals surface area contributed by atoms with Crippen LogP contribution in [0.3, 0.4) is 0 Å². The predicted octanol–water partition coefficient (Wildman–Crippen LogP) is 9.87. The van der Waals surface area contributed by atoms with Gasteiger partial charge in [-0.15, -0.1) is 0 Å². The monoisotopic (exact) mass is 533 g/mol. The molecule has 0 radical (unpaired) electrons. The first-order valence-electron chi connectivity index (χ1n) is 6.32. The molecule has 7 nitrogen and oxygen atoms in total. The Labute approximate surface area is 230 Å². The number of aromatic amines is 1. The normalized spacial score (nSPS) is 9.06. The fraction of sp³-hybridized carbons (Fsp3) is 0.655. The van der Waals surface area contributed by atoms with Gasteiger partial charge in [0, 0.05) is 29.9 Å². The Balaban J connectivity index is -0.0000000269. The molecule has 0 unspecified atom stereocenters. The molecule has 1 aromatic carbocycles. The maximum Gasteiger partial charge on any atom is 0.336 e. The quantitative estimate of drug-likeness (QED) is 0.251. The van der Waals surface area contributed by atoms with Gasteiger partial charge in [0.2, 0.25) is 0 Å². The van der Waals surface area contributed by atoms with E-state index in [0.29, 0.717) is 5.56 Å². The van der Waals surface area contributed by atoms with E-state index in [1.807, 2.05) is 12.1 Å². The summed E-state index contributed by atoms with van der Waals surface area (Å²) >= 11 is 0. The van der Waals surface area contributed by atoms with E-state index in [4.69, 9.17) is 10.8 Å². The van der Waals surface area contributed by atoms with Crippen molar-refractivity contribution in [3.63, 3.8) is 0 Å². The van der Waals surface area contributed by atoms with Crippen molar-refractivity contribution >= 4 is 22.8 Å². The van der Waals surface area contributed by atoms with Crippen molar-refractivity contribution in [3.05, 3.63) is 36.0 Å². The Kier molecular flexibility index (Phi) is 96.0. The summed E-state index contributed by atoms with van der Waals surface area (Å²) in [6.07, 6.45) is 0.801. The van der Waals surface area contributed by atoms with Crippen LogP contribution in [-0.2, 0) is 16.0 Å². The summed E-state index contributed by atoms with van der Waals surface area (Å²) in [5, 5.41) is 29.1. The lowest BCUT2D eigenvalue weighted by Gasteiger charge is -2.24. The van der Waals surface area contributed by atoms with Gasteiger partial charge in [-0.3, -0.25) is 4.79 Å². The second-order valence-electron chi connectivity index (χ2n) is 5.02. The number of hydrogen-bond acceptors (Lipinski definition) is 4. The molecule has 0 saturated heterocycles. The summed E-state index contributed by atoms with van der Waals surface area (Å²) in [6.45, 7) is 0. The molecule has 0 aliphatic carbocycles. The number of para-hydroxylation sites is 1. The summed E-state index contributed by atoms with van der Waals surface area (Å²) in [4.78, 5) is 25.1. The van der Waals surface area contributed by atoms with Gasteiger partial charge in [0.15, 0.2) is 5.60 Å². The van der Waals surface area contributed by atoms with Gasteiger partial charge in [-0.25, -0.2) is 4.79 Å². The molecule has 0 fully saturated rings. The number of hydrogen-bond donors (Lipinski definition) is 5. The zero-order valence-electron chi connectivity index (χ0n) is 11.1. The second kappa shape index (κ2) is 37.2. The molecule has 1 heterocycles. The molecular weight excluding hydrogens is 456 g/mol. The van der Waals surface area contributed by atoms with E-state index in [1.165, 1.54) is 0 Å². The van der Waals surface area contributed by atoms with Crippen molar-refractivity contribution in [2.45, 2.75) is 136 Å². The SMILES string of the molecule is C.C.C.C.C.C.C.C.C.C.C.C.C.C.C.N[C@H](C[C@](O)(Cc1c[nH]c2ccccc12)C(=O)O)C(=O)O. The number of aliphatic carboxylic acids is 2. The fourth-order valence-corrected chi connectivity index (χ4v) is 2.28. The topological polar surface area (TPSA) is 137 Å². The molecular formula is C29H76N2O5. The molecule has 0 amide bonds. The first-order valence-corrected chi connectivity index (χ1v) is 6.32. The lowest BCUT2D eigenvalue weighted by Crippen LogP contribution is -2.48. The van der Waals surface area contributed by atoms with E-state index in [1.54, 1.807) is 18.3 Å². The van der Waals surface area contributed by atoms with E-state index in [-0.39, 0.29) is 118 Å². The van der Waals surface area contributed by atoms with Crippen molar-refractivity contribution in [3.8, 4) is 0 Å². The van der Waals surface area contributed by atoms with Crippen LogP contribution in [0.1, 0.15) is 123 Å². The summed E-state index contributed by atoms with van der Waals surface area (Å²) in [5.74, 6) is -2.85. The highest BCUT2D eigenvalue weighted by molar-refractivity contribution is 5.85. The average Bonchev–Trinajstić information content (AvgIpc) is 2.81. The Hall–Kier alpha value is -2.38. The number of carbonyl (C=O) groups is 2. The minimum absolute atomic E-state index is 0. The second-order valence-corrected chi connectivity index (χ2v) is 5.02. The molecule has 2 aromatic rings. The van der Waals surface area contributed by atoms with Crippen LogP contribution in [0.25, 0.3) is 10.9 Å². The highest BCUT2D eigenvalue weighted by Gasteiger charge is 2.40. The fourth-order valence-electron chi connectivity index (χ4n) is 2.28. The van der Waals surface area contributed by atoms with Crippen LogP contribution in [0.5, 0.6) is 0 Å². The number of H-pyrrole nitrogens is 1. The number of fused-ring (bicyclic) bond motifs is 1. The van der Waals surface area contributed by atoms with Gasteiger partial charge in [-0.2, -0.15) is 0 Å². The third-order valence-corrected chi connectivity index (χ3v) is 3.43.